The topological polar surface area (TPSA) is 95.9 Å². The first-order valence-corrected chi connectivity index (χ1v) is 35.1. The molecule has 0 radical (unpaired) electrons. The Balaban J connectivity index is 3.35. The lowest BCUT2D eigenvalue weighted by molar-refractivity contribution is -0.143. The van der Waals surface area contributed by atoms with Gasteiger partial charge in [0.25, 0.3) is 0 Å². The lowest BCUT2D eigenvalue weighted by Crippen LogP contribution is -2.45. The Labute approximate surface area is 481 Å². The van der Waals surface area contributed by atoms with Crippen LogP contribution >= 0.6 is 0 Å². The standard InChI is InChI=1S/C71H137NO5/c1-3-5-7-9-11-13-15-16-17-18-34-37-40-44-47-51-55-59-63-69(74)68(67-73)72-70(75)64-60-56-52-48-45-41-38-35-32-30-28-26-24-22-20-19-21-23-25-27-29-31-33-36-39-42-46-50-54-58-62-66-77-71(76)65-61-57-53-49-43-14-12-10-8-6-4-2/h10,12,59,63,68-69,73-74H,3-9,11,13-58,60-62,64-67H2,1-2H3,(H,72,75)/b12-10-,63-59+. The van der Waals surface area contributed by atoms with Crippen LogP contribution in [0.1, 0.15) is 393 Å². The number of aliphatic hydroxyl groups excluding tert-OH is 2. The summed E-state index contributed by atoms with van der Waals surface area (Å²) in [6.45, 7) is 4.90. The van der Waals surface area contributed by atoms with Gasteiger partial charge < -0.3 is 20.3 Å². The van der Waals surface area contributed by atoms with E-state index < -0.39 is 12.1 Å². The minimum atomic E-state index is -0.841. The minimum absolute atomic E-state index is 0.00971. The molecule has 0 saturated heterocycles. The molecule has 456 valence electrons. The highest BCUT2D eigenvalue weighted by molar-refractivity contribution is 5.76. The Bertz CT molecular complexity index is 1200. The summed E-state index contributed by atoms with van der Waals surface area (Å²) in [6, 6.07) is -0.625. The highest BCUT2D eigenvalue weighted by Crippen LogP contribution is 2.19. The highest BCUT2D eigenvalue weighted by atomic mass is 16.5. The van der Waals surface area contributed by atoms with Crippen LogP contribution in [0.25, 0.3) is 0 Å². The zero-order valence-corrected chi connectivity index (χ0v) is 52.2. The number of nitrogens with one attached hydrogen (secondary N) is 1. The molecule has 6 nitrogen and oxygen atoms in total. The molecule has 0 aromatic carbocycles. The van der Waals surface area contributed by atoms with E-state index >= 15 is 0 Å². The van der Waals surface area contributed by atoms with E-state index in [1.54, 1.807) is 6.08 Å². The Morgan fingerprint density at radius 3 is 0.961 bits per heavy atom. The van der Waals surface area contributed by atoms with E-state index in [2.05, 4.69) is 31.3 Å². The summed E-state index contributed by atoms with van der Waals surface area (Å²) in [6.07, 6.45) is 84.1. The smallest absolute Gasteiger partial charge is 0.305 e. The van der Waals surface area contributed by atoms with Crippen LogP contribution in [0.4, 0.5) is 0 Å². The maximum Gasteiger partial charge on any atom is 0.305 e. The first-order valence-electron chi connectivity index (χ1n) is 35.1. The second-order valence-corrected chi connectivity index (χ2v) is 24.2. The molecule has 0 aliphatic heterocycles. The van der Waals surface area contributed by atoms with Gasteiger partial charge in [-0.3, -0.25) is 9.59 Å². The molecule has 77 heavy (non-hydrogen) atoms. The summed E-state index contributed by atoms with van der Waals surface area (Å²) in [7, 11) is 0. The fourth-order valence-electron chi connectivity index (χ4n) is 11.1. The zero-order valence-electron chi connectivity index (χ0n) is 52.2. The SMILES string of the molecule is CCCC/C=C\CCCCCCCC(=O)OCCCCCCCCCCCCCCCCCCCCCCCCCCCCCCCCCC(=O)NC(CO)C(O)/C=C/CCCCCCCCCCCCCCCCCC. The number of esters is 1. The van der Waals surface area contributed by atoms with Crippen molar-refractivity contribution in [3.8, 4) is 0 Å². The van der Waals surface area contributed by atoms with E-state index in [9.17, 15) is 19.8 Å². The molecule has 0 aliphatic carbocycles. The third-order valence-corrected chi connectivity index (χ3v) is 16.5. The largest absolute Gasteiger partial charge is 0.466 e. The van der Waals surface area contributed by atoms with E-state index in [-0.39, 0.29) is 18.5 Å². The number of unbranched alkanes of at least 4 members (excludes halogenated alkanes) is 53. The molecule has 0 spiro atoms. The first kappa shape index (κ1) is 75.3. The van der Waals surface area contributed by atoms with Crippen LogP contribution in [0, 0.1) is 0 Å². The maximum atomic E-state index is 12.5. The van der Waals surface area contributed by atoms with E-state index in [0.717, 1.165) is 44.9 Å². The van der Waals surface area contributed by atoms with Crippen molar-refractivity contribution in [2.75, 3.05) is 13.2 Å². The summed E-state index contributed by atoms with van der Waals surface area (Å²) in [5, 5.41) is 23.2. The molecule has 0 fully saturated rings. The molecule has 0 aromatic heterocycles. The molecular weight excluding hydrogens is 947 g/mol. The van der Waals surface area contributed by atoms with Crippen LogP contribution in [0.2, 0.25) is 0 Å². The van der Waals surface area contributed by atoms with Crippen molar-refractivity contribution in [2.24, 2.45) is 0 Å². The van der Waals surface area contributed by atoms with Crippen molar-refractivity contribution in [1.82, 2.24) is 5.32 Å². The average Bonchev–Trinajstić information content (AvgIpc) is 3.43. The molecule has 2 atom stereocenters. The summed E-state index contributed by atoms with van der Waals surface area (Å²) in [5.74, 6) is -0.0506. The van der Waals surface area contributed by atoms with E-state index in [1.807, 2.05) is 6.08 Å². The van der Waals surface area contributed by atoms with Crippen LogP contribution in [0.15, 0.2) is 24.3 Å². The number of rotatable bonds is 66. The fraction of sp³-hybridized carbons (Fsp3) is 0.915. The van der Waals surface area contributed by atoms with Crippen LogP contribution in [-0.4, -0.2) is 47.4 Å². The van der Waals surface area contributed by atoms with Gasteiger partial charge in [0.05, 0.1) is 25.4 Å². The van der Waals surface area contributed by atoms with Crippen molar-refractivity contribution in [3.05, 3.63) is 24.3 Å². The van der Waals surface area contributed by atoms with Crippen molar-refractivity contribution in [3.63, 3.8) is 0 Å². The number of ether oxygens (including phenoxy) is 1. The molecule has 1 amide bonds. The minimum Gasteiger partial charge on any atom is -0.466 e. The predicted molar refractivity (Wildman–Crippen MR) is 338 cm³/mol. The van der Waals surface area contributed by atoms with Crippen LogP contribution in [-0.2, 0) is 14.3 Å². The molecule has 2 unspecified atom stereocenters. The third-order valence-electron chi connectivity index (χ3n) is 16.5. The summed E-state index contributed by atoms with van der Waals surface area (Å²) in [4.78, 5) is 24.5. The maximum absolute atomic E-state index is 12.5. The number of carbonyl (C=O) groups excluding carboxylic acids is 2. The quantitative estimate of drug-likeness (QED) is 0.0320. The van der Waals surface area contributed by atoms with Gasteiger partial charge in [0.2, 0.25) is 5.91 Å². The second kappa shape index (κ2) is 66.8. The summed E-state index contributed by atoms with van der Waals surface area (Å²) in [5.41, 5.74) is 0. The molecule has 0 aromatic rings. The van der Waals surface area contributed by atoms with Crippen molar-refractivity contribution in [2.45, 2.75) is 405 Å². The predicted octanol–water partition coefficient (Wildman–Crippen LogP) is 22.5. The molecule has 0 bridgehead atoms. The number of hydrogen-bond donors (Lipinski definition) is 3. The van der Waals surface area contributed by atoms with Gasteiger partial charge >= 0.3 is 5.97 Å². The Kier molecular flexibility index (Phi) is 65.4. The van der Waals surface area contributed by atoms with E-state index in [1.165, 1.54) is 321 Å². The average molecular weight is 1080 g/mol. The van der Waals surface area contributed by atoms with Crippen molar-refractivity contribution < 1.29 is 24.5 Å². The van der Waals surface area contributed by atoms with Crippen LogP contribution in [0.5, 0.6) is 0 Å². The Morgan fingerprint density at radius 2 is 0.623 bits per heavy atom. The number of carbonyl (C=O) groups is 2. The summed E-state index contributed by atoms with van der Waals surface area (Å²) >= 11 is 0. The lowest BCUT2D eigenvalue weighted by atomic mass is 10.0. The zero-order chi connectivity index (χ0) is 55.7. The number of aliphatic hydroxyl groups is 2. The third kappa shape index (κ3) is 63.4. The lowest BCUT2D eigenvalue weighted by Gasteiger charge is -2.20. The van der Waals surface area contributed by atoms with Crippen LogP contribution < -0.4 is 5.32 Å². The van der Waals surface area contributed by atoms with Crippen molar-refractivity contribution >= 4 is 11.9 Å². The first-order chi connectivity index (χ1) is 38.0. The van der Waals surface area contributed by atoms with Gasteiger partial charge in [0.1, 0.15) is 0 Å². The molecule has 0 saturated carbocycles. The molecule has 3 N–H and O–H groups in total. The molecular formula is C71H137NO5. The van der Waals surface area contributed by atoms with E-state index in [4.69, 9.17) is 4.74 Å². The monoisotopic (exact) mass is 1080 g/mol. The fourth-order valence-corrected chi connectivity index (χ4v) is 11.1. The second-order valence-electron chi connectivity index (χ2n) is 24.2. The van der Waals surface area contributed by atoms with Gasteiger partial charge in [-0.05, 0) is 51.4 Å². The Hall–Kier alpha value is -1.66. The normalized spacial score (nSPS) is 12.6. The number of allylic oxidation sites excluding steroid dienone is 3. The number of amides is 1. The molecule has 0 heterocycles. The highest BCUT2D eigenvalue weighted by Gasteiger charge is 2.18. The van der Waals surface area contributed by atoms with Gasteiger partial charge in [-0.1, -0.05) is 353 Å². The molecule has 6 heteroatoms. The molecule has 0 aliphatic rings. The van der Waals surface area contributed by atoms with Gasteiger partial charge in [-0.25, -0.2) is 0 Å². The van der Waals surface area contributed by atoms with Crippen LogP contribution in [0.3, 0.4) is 0 Å². The van der Waals surface area contributed by atoms with Crippen molar-refractivity contribution in [1.29, 1.82) is 0 Å². The van der Waals surface area contributed by atoms with Gasteiger partial charge in [0.15, 0.2) is 0 Å². The van der Waals surface area contributed by atoms with Gasteiger partial charge in [0, 0.05) is 12.8 Å². The number of hydrogen-bond acceptors (Lipinski definition) is 5. The Morgan fingerprint density at radius 1 is 0.351 bits per heavy atom. The molecule has 0 rings (SSSR count). The summed E-state index contributed by atoms with van der Waals surface area (Å²) < 4.78 is 5.47. The van der Waals surface area contributed by atoms with Gasteiger partial charge in [-0.2, -0.15) is 0 Å². The van der Waals surface area contributed by atoms with E-state index in [0.29, 0.717) is 19.4 Å². The van der Waals surface area contributed by atoms with Gasteiger partial charge in [-0.15, -0.1) is 0 Å².